The van der Waals surface area contributed by atoms with E-state index < -0.39 is 0 Å². The Kier molecular flexibility index (Phi) is 209. The number of likely N-dealkylation sites (N-methyl/N-ethyl adjacent to an activating group) is 1. The van der Waals surface area contributed by atoms with Crippen LogP contribution in [0.1, 0.15) is 48.5 Å². The van der Waals surface area contributed by atoms with E-state index in [0.29, 0.717) is 0 Å². The lowest BCUT2D eigenvalue weighted by Gasteiger charge is -1.79. The zero-order valence-electron chi connectivity index (χ0n) is 12.4. The Morgan fingerprint density at radius 2 is 1.33 bits per heavy atom. The Hall–Kier alpha value is -0.630. The maximum atomic E-state index is 3.49. The molecule has 0 aromatic heterocycles. The third-order valence-corrected chi connectivity index (χ3v) is 0.572. The highest BCUT2D eigenvalue weighted by Crippen LogP contribution is 1.50. The summed E-state index contributed by atoms with van der Waals surface area (Å²) in [5.41, 5.74) is 0. The minimum atomic E-state index is 0.833. The van der Waals surface area contributed by atoms with Crippen LogP contribution < -0.4 is 5.32 Å². The molecule has 0 aromatic carbocycles. The summed E-state index contributed by atoms with van der Waals surface area (Å²) in [5, 5.41) is 2.90. The molecular formula is C13H34N2. The van der Waals surface area contributed by atoms with Crippen molar-refractivity contribution in [2.75, 3.05) is 20.1 Å². The fourth-order valence-electron chi connectivity index (χ4n) is 0.144. The monoisotopic (exact) mass is 218 g/mol. The number of nitrogens with one attached hydrogen (secondary N) is 1. The molecule has 0 spiro atoms. The van der Waals surface area contributed by atoms with E-state index in [2.05, 4.69) is 23.6 Å². The summed E-state index contributed by atoms with van der Waals surface area (Å²) < 4.78 is 0. The van der Waals surface area contributed by atoms with Gasteiger partial charge in [0.15, 0.2) is 0 Å². The van der Waals surface area contributed by atoms with Crippen molar-refractivity contribution in [3.8, 4) is 0 Å². The first-order chi connectivity index (χ1) is 7.33. The smallest absolute Gasteiger partial charge is 0.0353 e. The summed E-state index contributed by atoms with van der Waals surface area (Å²) >= 11 is 0. The molecule has 1 N–H and O–H groups in total. The van der Waals surface area contributed by atoms with Crippen molar-refractivity contribution >= 4 is 6.72 Å². The lowest BCUT2D eigenvalue weighted by molar-refractivity contribution is 0.921. The van der Waals surface area contributed by atoms with Crippen LogP contribution in [0.25, 0.3) is 0 Å². The van der Waals surface area contributed by atoms with Gasteiger partial charge in [0, 0.05) is 13.1 Å². The van der Waals surface area contributed by atoms with Gasteiger partial charge < -0.3 is 10.3 Å². The van der Waals surface area contributed by atoms with Gasteiger partial charge in [-0.25, -0.2) is 0 Å². The molecule has 0 saturated carbocycles. The molecule has 0 bridgehead atoms. The minimum Gasteiger partial charge on any atom is -0.316 e. The number of hydrogen-bond donors (Lipinski definition) is 1. The van der Waals surface area contributed by atoms with Crippen LogP contribution in [0.15, 0.2) is 17.6 Å². The average Bonchev–Trinajstić information content (AvgIpc) is 2.38. The summed E-state index contributed by atoms with van der Waals surface area (Å²) in [6.45, 7) is 22.4. The van der Waals surface area contributed by atoms with Crippen LogP contribution in [0.3, 0.4) is 0 Å². The number of hydrogen-bond acceptors (Lipinski definition) is 2. The third kappa shape index (κ3) is 308. The Morgan fingerprint density at radius 1 is 1.07 bits per heavy atom. The van der Waals surface area contributed by atoms with Crippen LogP contribution >= 0.6 is 0 Å². The van der Waals surface area contributed by atoms with Gasteiger partial charge in [0.25, 0.3) is 0 Å². The van der Waals surface area contributed by atoms with Gasteiger partial charge in [-0.2, -0.15) is 0 Å². The number of nitrogens with zero attached hydrogens (tertiary/aromatic N) is 1. The van der Waals surface area contributed by atoms with Gasteiger partial charge in [0.05, 0.1) is 0 Å². The zero-order chi connectivity index (χ0) is 13.5. The molecule has 0 saturated heterocycles. The Morgan fingerprint density at radius 3 is 1.33 bits per heavy atom. The highest BCUT2D eigenvalue weighted by Gasteiger charge is 1.56. The van der Waals surface area contributed by atoms with Crippen LogP contribution in [0.5, 0.6) is 0 Å². The molecule has 0 atom stereocenters. The van der Waals surface area contributed by atoms with Crippen molar-refractivity contribution in [1.29, 1.82) is 0 Å². The van der Waals surface area contributed by atoms with Crippen molar-refractivity contribution in [3.63, 3.8) is 0 Å². The molecule has 0 heterocycles. The topological polar surface area (TPSA) is 24.4 Å². The van der Waals surface area contributed by atoms with E-state index in [-0.39, 0.29) is 0 Å². The van der Waals surface area contributed by atoms with Crippen molar-refractivity contribution < 1.29 is 0 Å². The van der Waals surface area contributed by atoms with Crippen LogP contribution in [-0.2, 0) is 0 Å². The highest BCUT2D eigenvalue weighted by atomic mass is 14.8. The second kappa shape index (κ2) is 107. The zero-order valence-corrected chi connectivity index (χ0v) is 12.4. The molecule has 15 heavy (non-hydrogen) atoms. The maximum absolute atomic E-state index is 3.49. The largest absolute Gasteiger partial charge is 0.316 e. The summed E-state index contributed by atoms with van der Waals surface area (Å²) in [4.78, 5) is 3.49. The molecule has 0 aliphatic heterocycles. The molecule has 0 radical (unpaired) electrons. The standard InChI is InChI=1S/C4H9N.C3H7N.3C2H6/c1-3-4-5-2;1-3-4-2;3*1-2/h3,5H,1,4H2,2H3;2-3H2,1H3;3*1-2H3. The fraction of sp³-hybridized carbons (Fsp3) is 0.769. The summed E-state index contributed by atoms with van der Waals surface area (Å²) in [6.07, 6.45) is 1.82. The molecule has 0 aliphatic carbocycles. The Bertz CT molecular complexity index is 61.6. The Labute approximate surface area is 98.9 Å². The average molecular weight is 218 g/mol. The molecule has 0 unspecified atom stereocenters. The maximum Gasteiger partial charge on any atom is 0.0353 e. The molecule has 0 aromatic rings. The number of rotatable bonds is 3. The van der Waals surface area contributed by atoms with E-state index in [1.54, 1.807) is 0 Å². The predicted octanol–water partition coefficient (Wildman–Crippen LogP) is 4.18. The van der Waals surface area contributed by atoms with E-state index in [1.165, 1.54) is 0 Å². The second-order valence-electron chi connectivity index (χ2n) is 1.39. The van der Waals surface area contributed by atoms with Gasteiger partial charge in [-0.1, -0.05) is 47.6 Å². The van der Waals surface area contributed by atoms with Crippen LogP contribution in [0, 0.1) is 0 Å². The predicted molar refractivity (Wildman–Crippen MR) is 78.3 cm³/mol. The minimum absolute atomic E-state index is 0.833. The van der Waals surface area contributed by atoms with Crippen LogP contribution in [-0.4, -0.2) is 26.9 Å². The van der Waals surface area contributed by atoms with Crippen LogP contribution in [0.2, 0.25) is 0 Å². The first-order valence-electron chi connectivity index (χ1n) is 6.01. The lowest BCUT2D eigenvalue weighted by Crippen LogP contribution is -2.02. The first kappa shape index (κ1) is 29.3. The molecule has 96 valence electrons. The van der Waals surface area contributed by atoms with Crippen molar-refractivity contribution in [1.82, 2.24) is 5.32 Å². The second-order valence-corrected chi connectivity index (χ2v) is 1.39. The quantitative estimate of drug-likeness (QED) is 0.558. The molecule has 2 heteroatoms. The summed E-state index contributed by atoms with van der Waals surface area (Å²) in [5.74, 6) is 0. The van der Waals surface area contributed by atoms with Crippen LogP contribution in [0.4, 0.5) is 0 Å². The van der Waals surface area contributed by atoms with E-state index in [0.717, 1.165) is 13.1 Å². The molecule has 0 rings (SSSR count). The van der Waals surface area contributed by atoms with E-state index in [4.69, 9.17) is 0 Å². The summed E-state index contributed by atoms with van der Waals surface area (Å²) in [7, 11) is 1.89. The Balaban J connectivity index is -0.0000000301. The first-order valence-corrected chi connectivity index (χ1v) is 6.01. The molecule has 0 aliphatic rings. The van der Waals surface area contributed by atoms with Gasteiger partial charge in [0.2, 0.25) is 0 Å². The molecular weight excluding hydrogens is 184 g/mol. The fourth-order valence-corrected chi connectivity index (χ4v) is 0.144. The number of aliphatic imine (C=N–C) groups is 1. The van der Waals surface area contributed by atoms with Gasteiger partial charge in [-0.15, -0.1) is 6.58 Å². The lowest BCUT2D eigenvalue weighted by atomic mass is 10.6. The van der Waals surface area contributed by atoms with Crippen molar-refractivity contribution in [2.45, 2.75) is 48.5 Å². The highest BCUT2D eigenvalue weighted by molar-refractivity contribution is 5.22. The molecule has 0 amide bonds. The third-order valence-electron chi connectivity index (χ3n) is 0.572. The van der Waals surface area contributed by atoms with Gasteiger partial charge >= 0.3 is 0 Å². The van der Waals surface area contributed by atoms with Gasteiger partial charge in [-0.3, -0.25) is 0 Å². The van der Waals surface area contributed by atoms with Crippen molar-refractivity contribution in [3.05, 3.63) is 12.7 Å². The molecule has 0 fully saturated rings. The van der Waals surface area contributed by atoms with E-state index >= 15 is 0 Å². The van der Waals surface area contributed by atoms with E-state index in [9.17, 15) is 0 Å². The van der Waals surface area contributed by atoms with Gasteiger partial charge in [0.1, 0.15) is 0 Å². The van der Waals surface area contributed by atoms with Crippen molar-refractivity contribution in [2.24, 2.45) is 4.99 Å². The SMILES string of the molecule is C=CCNC.C=NCC.CC.CC.CC. The van der Waals surface area contributed by atoms with E-state index in [1.807, 2.05) is 61.6 Å². The van der Waals surface area contributed by atoms with Gasteiger partial charge in [-0.05, 0) is 20.7 Å². The summed E-state index contributed by atoms with van der Waals surface area (Å²) in [6, 6.07) is 0. The normalized spacial score (nSPS) is 5.33. The molecule has 2 nitrogen and oxygen atoms in total.